The summed E-state index contributed by atoms with van der Waals surface area (Å²) in [5.74, 6) is -0.187. The van der Waals surface area contributed by atoms with Gasteiger partial charge in [0.15, 0.2) is 6.10 Å². The molecule has 0 radical (unpaired) electrons. The quantitative estimate of drug-likeness (QED) is 0.399. The van der Waals surface area contributed by atoms with Crippen molar-refractivity contribution in [3.05, 3.63) is 69.9 Å². The number of non-ortho nitro benzene ring substituents is 1. The lowest BCUT2D eigenvalue weighted by Gasteiger charge is -2.14. The molecule has 9 nitrogen and oxygen atoms in total. The minimum atomic E-state index is -0.844. The van der Waals surface area contributed by atoms with Crippen LogP contribution >= 0.6 is 0 Å². The van der Waals surface area contributed by atoms with Crippen molar-refractivity contribution in [2.24, 2.45) is 5.10 Å². The Morgan fingerprint density at radius 3 is 2.46 bits per heavy atom. The molecule has 0 saturated carbocycles. The van der Waals surface area contributed by atoms with Gasteiger partial charge in [0.25, 0.3) is 11.6 Å². The smallest absolute Gasteiger partial charge is 0.280 e. The Morgan fingerprint density at radius 1 is 1.18 bits per heavy atom. The number of nitro benzene ring substituents is 1. The first-order valence-corrected chi connectivity index (χ1v) is 8.41. The number of aryl methyl sites for hydroxylation is 1. The summed E-state index contributed by atoms with van der Waals surface area (Å²) in [7, 11) is 0. The number of hydrogen-bond donors (Lipinski definition) is 1. The predicted molar refractivity (Wildman–Crippen MR) is 103 cm³/mol. The van der Waals surface area contributed by atoms with Gasteiger partial charge in [-0.05, 0) is 43.7 Å². The monoisotopic (exact) mass is 379 g/mol. The van der Waals surface area contributed by atoms with Gasteiger partial charge >= 0.3 is 0 Å². The van der Waals surface area contributed by atoms with Crippen LogP contribution in [0, 0.1) is 17.0 Å². The number of para-hydroxylation sites is 2. The number of carbonyl (C=O) groups excluding carboxylic acids is 1. The van der Waals surface area contributed by atoms with Crippen LogP contribution in [0.1, 0.15) is 18.2 Å². The number of nitrogens with zero attached hydrogens (tertiary/aromatic N) is 4. The molecule has 28 heavy (non-hydrogen) atoms. The highest BCUT2D eigenvalue weighted by atomic mass is 16.6. The number of carbonyl (C=O) groups is 1. The van der Waals surface area contributed by atoms with Crippen LogP contribution in [0.4, 0.5) is 5.69 Å². The standard InChI is InChI=1S/C19H17N5O4/c1-12-19(22-17-6-4-3-5-16(17)21-12)28-13(2)18(25)23-20-11-14-7-9-15(10-8-14)24(26)27/h3-11,13H,1-2H3,(H,23,25). The average Bonchev–Trinajstić information content (AvgIpc) is 2.68. The van der Waals surface area contributed by atoms with Gasteiger partial charge in [0.2, 0.25) is 5.88 Å². The van der Waals surface area contributed by atoms with Crippen LogP contribution in [0.15, 0.2) is 53.6 Å². The second kappa shape index (κ2) is 8.21. The third kappa shape index (κ3) is 4.44. The van der Waals surface area contributed by atoms with Crippen molar-refractivity contribution < 1.29 is 14.5 Å². The number of rotatable bonds is 6. The fourth-order valence-electron chi connectivity index (χ4n) is 2.35. The van der Waals surface area contributed by atoms with E-state index < -0.39 is 16.9 Å². The zero-order valence-electron chi connectivity index (χ0n) is 15.2. The van der Waals surface area contributed by atoms with E-state index in [1.807, 2.05) is 24.3 Å². The van der Waals surface area contributed by atoms with E-state index in [9.17, 15) is 14.9 Å². The van der Waals surface area contributed by atoms with Crippen molar-refractivity contribution in [1.29, 1.82) is 0 Å². The Morgan fingerprint density at radius 2 is 1.82 bits per heavy atom. The summed E-state index contributed by atoms with van der Waals surface area (Å²) >= 11 is 0. The maximum Gasteiger partial charge on any atom is 0.280 e. The van der Waals surface area contributed by atoms with E-state index in [0.717, 1.165) is 5.52 Å². The van der Waals surface area contributed by atoms with E-state index in [2.05, 4.69) is 20.5 Å². The van der Waals surface area contributed by atoms with Crippen LogP contribution in [0.3, 0.4) is 0 Å². The Kier molecular flexibility index (Phi) is 5.54. The Balaban J connectivity index is 1.61. The first-order chi connectivity index (χ1) is 13.4. The van der Waals surface area contributed by atoms with Crippen molar-refractivity contribution in [3.63, 3.8) is 0 Å². The van der Waals surface area contributed by atoms with Gasteiger partial charge in [-0.15, -0.1) is 0 Å². The molecule has 0 fully saturated rings. The SMILES string of the molecule is Cc1nc2ccccc2nc1OC(C)C(=O)NN=Cc1ccc([N+](=O)[O-])cc1. The first kappa shape index (κ1) is 18.9. The van der Waals surface area contributed by atoms with Gasteiger partial charge < -0.3 is 4.74 Å². The molecule has 3 rings (SSSR count). The predicted octanol–water partition coefficient (Wildman–Crippen LogP) is 2.76. The summed E-state index contributed by atoms with van der Waals surface area (Å²) in [4.78, 5) is 31.1. The summed E-state index contributed by atoms with van der Waals surface area (Å²) in [5, 5.41) is 14.5. The van der Waals surface area contributed by atoms with Crippen LogP contribution in [-0.2, 0) is 4.79 Å². The van der Waals surface area contributed by atoms with Gasteiger partial charge in [0.1, 0.15) is 5.69 Å². The number of hydrogen-bond acceptors (Lipinski definition) is 7. The number of amides is 1. The maximum atomic E-state index is 12.2. The van der Waals surface area contributed by atoms with E-state index in [1.165, 1.54) is 30.5 Å². The minimum absolute atomic E-state index is 0.0185. The van der Waals surface area contributed by atoms with Gasteiger partial charge in [0.05, 0.1) is 22.2 Å². The van der Waals surface area contributed by atoms with E-state index in [-0.39, 0.29) is 11.6 Å². The molecule has 1 atom stereocenters. The number of hydrazone groups is 1. The summed E-state index contributed by atoms with van der Waals surface area (Å²) in [5.41, 5.74) is 4.95. The van der Waals surface area contributed by atoms with Gasteiger partial charge in [-0.2, -0.15) is 5.10 Å². The van der Waals surface area contributed by atoms with E-state index in [0.29, 0.717) is 16.8 Å². The van der Waals surface area contributed by atoms with Gasteiger partial charge in [-0.3, -0.25) is 14.9 Å². The Bertz CT molecular complexity index is 1050. The first-order valence-electron chi connectivity index (χ1n) is 8.41. The Hall–Kier alpha value is -3.88. The van der Waals surface area contributed by atoms with Crippen LogP contribution < -0.4 is 10.2 Å². The molecule has 1 aromatic heterocycles. The molecule has 142 valence electrons. The van der Waals surface area contributed by atoms with Crippen LogP contribution in [0.2, 0.25) is 0 Å². The van der Waals surface area contributed by atoms with Gasteiger partial charge in [0, 0.05) is 12.1 Å². The largest absolute Gasteiger partial charge is 0.463 e. The van der Waals surface area contributed by atoms with Crippen LogP contribution in [0.5, 0.6) is 5.88 Å². The zero-order chi connectivity index (χ0) is 20.1. The topological polar surface area (TPSA) is 120 Å². The number of benzene rings is 2. The summed E-state index contributed by atoms with van der Waals surface area (Å²) in [6.07, 6.45) is 0.540. The molecule has 0 saturated heterocycles. The van der Waals surface area contributed by atoms with Crippen molar-refractivity contribution >= 4 is 28.8 Å². The minimum Gasteiger partial charge on any atom is -0.463 e. The third-order valence-electron chi connectivity index (χ3n) is 3.85. The highest BCUT2D eigenvalue weighted by molar-refractivity contribution is 5.84. The maximum absolute atomic E-state index is 12.2. The number of nitrogens with one attached hydrogen (secondary N) is 1. The molecule has 1 heterocycles. The zero-order valence-corrected chi connectivity index (χ0v) is 15.2. The molecule has 1 unspecified atom stereocenters. The lowest BCUT2D eigenvalue weighted by molar-refractivity contribution is -0.384. The molecule has 0 bridgehead atoms. The molecule has 1 N–H and O–H groups in total. The molecule has 9 heteroatoms. The Labute approximate surface area is 160 Å². The number of fused-ring (bicyclic) bond motifs is 1. The van der Waals surface area contributed by atoms with E-state index in [1.54, 1.807) is 13.8 Å². The molecule has 0 aliphatic rings. The fraction of sp³-hybridized carbons (Fsp3) is 0.158. The van der Waals surface area contributed by atoms with Crippen molar-refractivity contribution in [2.45, 2.75) is 20.0 Å². The molecular weight excluding hydrogens is 362 g/mol. The fourth-order valence-corrected chi connectivity index (χ4v) is 2.35. The lowest BCUT2D eigenvalue weighted by atomic mass is 10.2. The molecular formula is C19H17N5O4. The highest BCUT2D eigenvalue weighted by Gasteiger charge is 2.17. The molecule has 1 amide bonds. The van der Waals surface area contributed by atoms with Crippen molar-refractivity contribution in [1.82, 2.24) is 15.4 Å². The van der Waals surface area contributed by atoms with Crippen LogP contribution in [0.25, 0.3) is 11.0 Å². The normalized spacial score (nSPS) is 12.1. The molecule has 2 aromatic carbocycles. The summed E-state index contributed by atoms with van der Waals surface area (Å²) in [6, 6.07) is 13.2. The number of ether oxygens (including phenoxy) is 1. The van der Waals surface area contributed by atoms with Crippen molar-refractivity contribution in [2.75, 3.05) is 0 Å². The third-order valence-corrected chi connectivity index (χ3v) is 3.85. The second-order valence-electron chi connectivity index (χ2n) is 5.95. The number of nitro groups is 1. The van der Waals surface area contributed by atoms with Crippen molar-refractivity contribution in [3.8, 4) is 5.88 Å². The highest BCUT2D eigenvalue weighted by Crippen LogP contribution is 2.19. The number of aromatic nitrogens is 2. The summed E-state index contributed by atoms with van der Waals surface area (Å²) < 4.78 is 5.63. The molecule has 0 aliphatic carbocycles. The molecule has 0 aliphatic heterocycles. The van der Waals surface area contributed by atoms with E-state index >= 15 is 0 Å². The molecule has 0 spiro atoms. The lowest BCUT2D eigenvalue weighted by Crippen LogP contribution is -2.33. The summed E-state index contributed by atoms with van der Waals surface area (Å²) in [6.45, 7) is 3.33. The molecule has 3 aromatic rings. The van der Waals surface area contributed by atoms with E-state index in [4.69, 9.17) is 4.74 Å². The second-order valence-corrected chi connectivity index (χ2v) is 5.95. The average molecular weight is 379 g/mol. The van der Waals surface area contributed by atoms with Crippen LogP contribution in [-0.4, -0.2) is 33.1 Å². The van der Waals surface area contributed by atoms with Gasteiger partial charge in [-0.25, -0.2) is 15.4 Å². The van der Waals surface area contributed by atoms with Gasteiger partial charge in [-0.1, -0.05) is 12.1 Å².